The van der Waals surface area contributed by atoms with E-state index in [-0.39, 0.29) is 5.97 Å². The monoisotopic (exact) mass is 257 g/mol. The SMILES string of the molecule is CC(C)(C)OC(=O)c1ccc2ccn3c2c1OC=C3. The summed E-state index contributed by atoms with van der Waals surface area (Å²) in [7, 11) is 0. The molecule has 0 bridgehead atoms. The lowest BCUT2D eigenvalue weighted by Gasteiger charge is -2.21. The number of hydrogen-bond acceptors (Lipinski definition) is 3. The second-order valence-electron chi connectivity index (χ2n) is 5.51. The Morgan fingerprint density at radius 2 is 2.05 bits per heavy atom. The minimum absolute atomic E-state index is 0.368. The molecule has 3 rings (SSSR count). The van der Waals surface area contributed by atoms with Crippen LogP contribution < -0.4 is 4.74 Å². The first-order chi connectivity index (χ1) is 8.96. The number of esters is 1. The Morgan fingerprint density at radius 3 is 2.79 bits per heavy atom. The van der Waals surface area contributed by atoms with E-state index < -0.39 is 5.60 Å². The van der Waals surface area contributed by atoms with E-state index in [2.05, 4.69) is 0 Å². The maximum absolute atomic E-state index is 12.2. The molecule has 0 saturated carbocycles. The van der Waals surface area contributed by atoms with Gasteiger partial charge in [0.1, 0.15) is 17.4 Å². The van der Waals surface area contributed by atoms with Crippen LogP contribution in [0, 0.1) is 0 Å². The average molecular weight is 257 g/mol. The lowest BCUT2D eigenvalue weighted by molar-refractivity contribution is 0.00673. The Hall–Kier alpha value is -2.23. The van der Waals surface area contributed by atoms with Gasteiger partial charge in [-0.05, 0) is 32.9 Å². The van der Waals surface area contributed by atoms with E-state index >= 15 is 0 Å². The van der Waals surface area contributed by atoms with Crippen molar-refractivity contribution in [1.29, 1.82) is 0 Å². The maximum atomic E-state index is 12.2. The van der Waals surface area contributed by atoms with Gasteiger partial charge in [0.15, 0.2) is 5.75 Å². The third-order valence-electron chi connectivity index (χ3n) is 2.86. The smallest absolute Gasteiger partial charge is 0.342 e. The van der Waals surface area contributed by atoms with E-state index in [1.807, 2.05) is 49.9 Å². The molecule has 4 nitrogen and oxygen atoms in total. The van der Waals surface area contributed by atoms with Gasteiger partial charge in [0.05, 0.1) is 5.52 Å². The fourth-order valence-corrected chi connectivity index (χ4v) is 2.12. The van der Waals surface area contributed by atoms with Crippen LogP contribution in [0.1, 0.15) is 31.1 Å². The Bertz CT molecular complexity index is 689. The lowest BCUT2D eigenvalue weighted by atomic mass is 10.1. The van der Waals surface area contributed by atoms with Crippen molar-refractivity contribution in [3.63, 3.8) is 0 Å². The summed E-state index contributed by atoms with van der Waals surface area (Å²) in [5.74, 6) is 0.187. The minimum Gasteiger partial charge on any atom is -0.460 e. The Morgan fingerprint density at radius 1 is 1.26 bits per heavy atom. The Labute approximate surface area is 111 Å². The normalized spacial score (nSPS) is 13.4. The van der Waals surface area contributed by atoms with Crippen LogP contribution in [0.4, 0.5) is 0 Å². The first kappa shape index (κ1) is 11.8. The molecule has 1 aromatic carbocycles. The van der Waals surface area contributed by atoms with Gasteiger partial charge in [0.2, 0.25) is 0 Å². The number of aromatic nitrogens is 1. The molecule has 1 aliphatic rings. The molecule has 0 saturated heterocycles. The van der Waals surface area contributed by atoms with E-state index in [9.17, 15) is 4.79 Å². The molecule has 0 fully saturated rings. The number of carbonyl (C=O) groups is 1. The molecule has 98 valence electrons. The first-order valence-electron chi connectivity index (χ1n) is 6.16. The topological polar surface area (TPSA) is 40.5 Å². The second-order valence-corrected chi connectivity index (χ2v) is 5.51. The fraction of sp³-hybridized carbons (Fsp3) is 0.267. The summed E-state index contributed by atoms with van der Waals surface area (Å²) < 4.78 is 12.9. The van der Waals surface area contributed by atoms with Gasteiger partial charge >= 0.3 is 5.97 Å². The number of benzene rings is 1. The van der Waals surface area contributed by atoms with Crippen molar-refractivity contribution < 1.29 is 14.3 Å². The van der Waals surface area contributed by atoms with Crippen LogP contribution in [0.3, 0.4) is 0 Å². The van der Waals surface area contributed by atoms with Crippen molar-refractivity contribution >= 4 is 23.1 Å². The van der Waals surface area contributed by atoms with E-state index in [0.717, 1.165) is 10.9 Å². The maximum Gasteiger partial charge on any atom is 0.342 e. The molecule has 0 amide bonds. The molecular weight excluding hydrogens is 242 g/mol. The number of carbonyl (C=O) groups excluding carboxylic acids is 1. The largest absolute Gasteiger partial charge is 0.460 e. The zero-order valence-electron chi connectivity index (χ0n) is 11.1. The highest BCUT2D eigenvalue weighted by atomic mass is 16.6. The molecular formula is C15H15NO3. The highest BCUT2D eigenvalue weighted by Crippen LogP contribution is 2.34. The minimum atomic E-state index is -0.523. The van der Waals surface area contributed by atoms with E-state index in [1.54, 1.807) is 12.3 Å². The molecule has 19 heavy (non-hydrogen) atoms. The van der Waals surface area contributed by atoms with Crippen molar-refractivity contribution in [2.75, 3.05) is 0 Å². The quantitative estimate of drug-likeness (QED) is 0.735. The summed E-state index contributed by atoms with van der Waals surface area (Å²) in [6.45, 7) is 5.54. The molecule has 2 heterocycles. The van der Waals surface area contributed by atoms with Gasteiger partial charge in [-0.15, -0.1) is 0 Å². The van der Waals surface area contributed by atoms with Crippen LogP contribution in [0.2, 0.25) is 0 Å². The number of rotatable bonds is 1. The summed E-state index contributed by atoms with van der Waals surface area (Å²) in [6, 6.07) is 5.63. The summed E-state index contributed by atoms with van der Waals surface area (Å²) in [5.41, 5.74) is 0.822. The molecule has 0 radical (unpaired) electrons. The van der Waals surface area contributed by atoms with E-state index in [4.69, 9.17) is 9.47 Å². The van der Waals surface area contributed by atoms with Crippen LogP contribution in [0.15, 0.2) is 30.7 Å². The van der Waals surface area contributed by atoms with Crippen molar-refractivity contribution in [3.8, 4) is 5.75 Å². The van der Waals surface area contributed by atoms with Gasteiger partial charge < -0.3 is 14.0 Å². The van der Waals surface area contributed by atoms with E-state index in [0.29, 0.717) is 11.3 Å². The zero-order chi connectivity index (χ0) is 13.6. The molecule has 0 N–H and O–H groups in total. The molecule has 0 unspecified atom stereocenters. The van der Waals surface area contributed by atoms with Crippen LogP contribution in [0.25, 0.3) is 17.1 Å². The lowest BCUT2D eigenvalue weighted by Crippen LogP contribution is -2.24. The van der Waals surface area contributed by atoms with Crippen LogP contribution >= 0.6 is 0 Å². The summed E-state index contributed by atoms with van der Waals surface area (Å²) in [4.78, 5) is 12.2. The molecule has 2 aromatic rings. The molecule has 0 aliphatic carbocycles. The predicted molar refractivity (Wildman–Crippen MR) is 73.1 cm³/mol. The molecule has 1 aliphatic heterocycles. The van der Waals surface area contributed by atoms with Gasteiger partial charge in [-0.3, -0.25) is 0 Å². The van der Waals surface area contributed by atoms with Crippen LogP contribution in [-0.4, -0.2) is 16.1 Å². The highest BCUT2D eigenvalue weighted by Gasteiger charge is 2.24. The average Bonchev–Trinajstić information content (AvgIpc) is 2.73. The van der Waals surface area contributed by atoms with Crippen molar-refractivity contribution in [3.05, 3.63) is 36.2 Å². The Balaban J connectivity index is 2.11. The Kier molecular flexibility index (Phi) is 2.42. The van der Waals surface area contributed by atoms with Crippen molar-refractivity contribution in [1.82, 2.24) is 4.57 Å². The fourth-order valence-electron chi connectivity index (χ4n) is 2.12. The first-order valence-corrected chi connectivity index (χ1v) is 6.16. The molecule has 0 spiro atoms. The summed E-state index contributed by atoms with van der Waals surface area (Å²) in [5, 5.41) is 1.03. The summed E-state index contributed by atoms with van der Waals surface area (Å²) >= 11 is 0. The van der Waals surface area contributed by atoms with Gasteiger partial charge in [0.25, 0.3) is 0 Å². The van der Waals surface area contributed by atoms with Gasteiger partial charge in [-0.1, -0.05) is 6.07 Å². The molecule has 0 atom stereocenters. The summed E-state index contributed by atoms with van der Waals surface area (Å²) in [6.07, 6.45) is 5.32. The van der Waals surface area contributed by atoms with Gasteiger partial charge in [0, 0.05) is 17.8 Å². The van der Waals surface area contributed by atoms with E-state index in [1.165, 1.54) is 0 Å². The van der Waals surface area contributed by atoms with Gasteiger partial charge in [-0.2, -0.15) is 0 Å². The second kappa shape index (κ2) is 3.88. The highest BCUT2D eigenvalue weighted by molar-refractivity contribution is 6.01. The van der Waals surface area contributed by atoms with Gasteiger partial charge in [-0.25, -0.2) is 4.79 Å². The molecule has 1 aromatic heterocycles. The zero-order valence-corrected chi connectivity index (χ0v) is 11.1. The predicted octanol–water partition coefficient (Wildman–Crippen LogP) is 3.42. The molecule has 4 heteroatoms. The number of ether oxygens (including phenoxy) is 2. The standard InChI is InChI=1S/C15H15NO3/c1-15(2,3)19-14(17)11-5-4-10-6-7-16-8-9-18-13(11)12(10)16/h4-9H,1-3H3. The van der Waals surface area contributed by atoms with Crippen LogP contribution in [-0.2, 0) is 4.74 Å². The number of nitrogens with zero attached hydrogens (tertiary/aromatic N) is 1. The number of hydrogen-bond donors (Lipinski definition) is 0. The van der Waals surface area contributed by atoms with Crippen molar-refractivity contribution in [2.24, 2.45) is 0 Å². The third-order valence-corrected chi connectivity index (χ3v) is 2.86. The third kappa shape index (κ3) is 1.99. The van der Waals surface area contributed by atoms with Crippen molar-refractivity contribution in [2.45, 2.75) is 26.4 Å². The van der Waals surface area contributed by atoms with Crippen LogP contribution in [0.5, 0.6) is 5.75 Å².